The zero-order valence-electron chi connectivity index (χ0n) is 10.8. The van der Waals surface area contributed by atoms with Crippen LogP contribution < -0.4 is 0 Å². The lowest BCUT2D eigenvalue weighted by atomic mass is 10.1. The number of ether oxygens (including phenoxy) is 1. The maximum Gasteiger partial charge on any atom is 0.336 e. The Hall–Kier alpha value is -1.88. The summed E-state index contributed by atoms with van der Waals surface area (Å²) in [7, 11) is 1.58. The van der Waals surface area contributed by atoms with Crippen LogP contribution in [0, 0.1) is 0 Å². The van der Waals surface area contributed by atoms with Gasteiger partial charge in [-0.2, -0.15) is 0 Å². The summed E-state index contributed by atoms with van der Waals surface area (Å²) in [4.78, 5) is 25.3. The largest absolute Gasteiger partial charge is 0.478 e. The quantitative estimate of drug-likeness (QED) is 0.847. The lowest BCUT2D eigenvalue weighted by Crippen LogP contribution is -2.36. The van der Waals surface area contributed by atoms with Crippen LogP contribution in [0.1, 0.15) is 33.6 Å². The molecule has 0 unspecified atom stereocenters. The van der Waals surface area contributed by atoms with E-state index in [1.165, 1.54) is 6.07 Å². The monoisotopic (exact) mass is 263 g/mol. The molecule has 0 radical (unpaired) electrons. The first kappa shape index (κ1) is 13.5. The van der Waals surface area contributed by atoms with E-state index >= 15 is 0 Å². The number of aromatic carboxylic acids is 1. The van der Waals surface area contributed by atoms with Gasteiger partial charge >= 0.3 is 5.97 Å². The number of hydrogen-bond donors (Lipinski definition) is 1. The molecule has 0 bridgehead atoms. The predicted octanol–water partition coefficient (Wildman–Crippen LogP) is 1.64. The van der Waals surface area contributed by atoms with Gasteiger partial charge in [0.25, 0.3) is 5.91 Å². The average molecular weight is 263 g/mol. The van der Waals surface area contributed by atoms with Gasteiger partial charge in [-0.05, 0) is 25.0 Å². The van der Waals surface area contributed by atoms with Crippen molar-refractivity contribution in [3.05, 3.63) is 35.4 Å². The van der Waals surface area contributed by atoms with Crippen molar-refractivity contribution in [3.63, 3.8) is 0 Å². The summed E-state index contributed by atoms with van der Waals surface area (Å²) in [6.45, 7) is 0.950. The third kappa shape index (κ3) is 3.12. The number of carboxylic acids is 1. The first-order chi connectivity index (χ1) is 9.15. The highest BCUT2D eigenvalue weighted by Crippen LogP contribution is 2.28. The highest BCUT2D eigenvalue weighted by molar-refractivity contribution is 6.04. The van der Waals surface area contributed by atoms with Gasteiger partial charge in [0, 0.05) is 19.7 Å². The van der Waals surface area contributed by atoms with Gasteiger partial charge in [0.2, 0.25) is 0 Å². The number of carbonyl (C=O) groups is 2. The minimum atomic E-state index is -1.08. The minimum Gasteiger partial charge on any atom is -0.478 e. The second kappa shape index (κ2) is 5.84. The van der Waals surface area contributed by atoms with Gasteiger partial charge in [-0.1, -0.05) is 12.1 Å². The zero-order chi connectivity index (χ0) is 13.8. The molecule has 102 valence electrons. The SMILES string of the molecule is COCCN(C(=O)c1ccccc1C(=O)O)C1CC1. The van der Waals surface area contributed by atoms with E-state index in [-0.39, 0.29) is 23.1 Å². The van der Waals surface area contributed by atoms with E-state index in [1.54, 1.807) is 30.2 Å². The molecule has 19 heavy (non-hydrogen) atoms. The molecule has 0 spiro atoms. The molecule has 0 heterocycles. The van der Waals surface area contributed by atoms with Gasteiger partial charge in [0.15, 0.2) is 0 Å². The Morgan fingerprint density at radius 3 is 2.47 bits per heavy atom. The van der Waals surface area contributed by atoms with Crippen molar-refractivity contribution in [2.75, 3.05) is 20.3 Å². The van der Waals surface area contributed by atoms with Gasteiger partial charge in [-0.15, -0.1) is 0 Å². The van der Waals surface area contributed by atoms with E-state index in [4.69, 9.17) is 9.84 Å². The fraction of sp³-hybridized carbons (Fsp3) is 0.429. The molecule has 1 aromatic rings. The lowest BCUT2D eigenvalue weighted by Gasteiger charge is -2.22. The molecule has 2 rings (SSSR count). The molecule has 1 fully saturated rings. The van der Waals surface area contributed by atoms with Crippen molar-refractivity contribution in [1.82, 2.24) is 4.90 Å². The molecule has 1 amide bonds. The Balaban J connectivity index is 2.23. The molecular weight excluding hydrogens is 246 g/mol. The summed E-state index contributed by atoms with van der Waals surface area (Å²) in [5.74, 6) is -1.30. The van der Waals surface area contributed by atoms with E-state index in [0.717, 1.165) is 12.8 Å². The Bertz CT molecular complexity index is 482. The van der Waals surface area contributed by atoms with Crippen LogP contribution in [0.15, 0.2) is 24.3 Å². The van der Waals surface area contributed by atoms with Crippen LogP contribution in [-0.2, 0) is 4.74 Å². The molecular formula is C14H17NO4. The topological polar surface area (TPSA) is 66.8 Å². The number of methoxy groups -OCH3 is 1. The summed E-state index contributed by atoms with van der Waals surface area (Å²) in [6, 6.07) is 6.55. The number of carbonyl (C=O) groups excluding carboxylic acids is 1. The van der Waals surface area contributed by atoms with Crippen LogP contribution >= 0.6 is 0 Å². The second-order valence-electron chi connectivity index (χ2n) is 4.57. The van der Waals surface area contributed by atoms with Gasteiger partial charge in [-0.25, -0.2) is 4.79 Å². The Kier molecular flexibility index (Phi) is 4.16. The maximum atomic E-state index is 12.5. The smallest absolute Gasteiger partial charge is 0.336 e. The zero-order valence-corrected chi connectivity index (χ0v) is 10.8. The van der Waals surface area contributed by atoms with Crippen LogP contribution in [0.2, 0.25) is 0 Å². The molecule has 1 aliphatic rings. The Morgan fingerprint density at radius 1 is 1.32 bits per heavy atom. The second-order valence-corrected chi connectivity index (χ2v) is 4.57. The molecule has 1 N–H and O–H groups in total. The first-order valence-corrected chi connectivity index (χ1v) is 6.27. The number of hydrogen-bond acceptors (Lipinski definition) is 3. The molecule has 1 aromatic carbocycles. The molecule has 1 saturated carbocycles. The predicted molar refractivity (Wildman–Crippen MR) is 69.3 cm³/mol. The van der Waals surface area contributed by atoms with Crippen molar-refractivity contribution in [3.8, 4) is 0 Å². The van der Waals surface area contributed by atoms with Crippen LogP contribution in [0.4, 0.5) is 0 Å². The summed E-state index contributed by atoms with van der Waals surface area (Å²) < 4.78 is 5.00. The summed E-state index contributed by atoms with van der Waals surface area (Å²) >= 11 is 0. The van der Waals surface area contributed by atoms with E-state index in [2.05, 4.69) is 0 Å². The van der Waals surface area contributed by atoms with Crippen molar-refractivity contribution in [2.24, 2.45) is 0 Å². The molecule has 5 heteroatoms. The fourth-order valence-corrected chi connectivity index (χ4v) is 2.04. The maximum absolute atomic E-state index is 12.5. The number of nitrogens with zero attached hydrogens (tertiary/aromatic N) is 1. The molecule has 0 aromatic heterocycles. The van der Waals surface area contributed by atoms with Gasteiger partial charge < -0.3 is 14.7 Å². The molecule has 0 saturated heterocycles. The lowest BCUT2D eigenvalue weighted by molar-refractivity contribution is 0.0646. The van der Waals surface area contributed by atoms with Gasteiger partial charge in [0.05, 0.1) is 17.7 Å². The molecule has 5 nitrogen and oxygen atoms in total. The van der Waals surface area contributed by atoms with Crippen LogP contribution in [-0.4, -0.2) is 48.2 Å². The van der Waals surface area contributed by atoms with Gasteiger partial charge in [-0.3, -0.25) is 4.79 Å². The van der Waals surface area contributed by atoms with E-state index < -0.39 is 5.97 Å². The third-order valence-corrected chi connectivity index (χ3v) is 3.17. The minimum absolute atomic E-state index is 0.0515. The van der Waals surface area contributed by atoms with E-state index in [1.807, 2.05) is 0 Å². The van der Waals surface area contributed by atoms with Crippen molar-refractivity contribution >= 4 is 11.9 Å². The number of carboxylic acid groups (broad SMARTS) is 1. The van der Waals surface area contributed by atoms with Gasteiger partial charge in [0.1, 0.15) is 0 Å². The van der Waals surface area contributed by atoms with Crippen LogP contribution in [0.5, 0.6) is 0 Å². The van der Waals surface area contributed by atoms with Crippen LogP contribution in [0.25, 0.3) is 0 Å². The van der Waals surface area contributed by atoms with Crippen molar-refractivity contribution < 1.29 is 19.4 Å². The molecule has 1 aliphatic carbocycles. The average Bonchev–Trinajstić information content (AvgIpc) is 3.23. The molecule has 0 aliphatic heterocycles. The fourth-order valence-electron chi connectivity index (χ4n) is 2.04. The summed E-state index contributed by atoms with van der Waals surface area (Å²) in [5.41, 5.74) is 0.300. The summed E-state index contributed by atoms with van der Waals surface area (Å²) in [5, 5.41) is 9.13. The number of amides is 1. The summed E-state index contributed by atoms with van der Waals surface area (Å²) in [6.07, 6.45) is 1.95. The number of rotatable bonds is 6. The Labute approximate surface area is 111 Å². The highest BCUT2D eigenvalue weighted by atomic mass is 16.5. The van der Waals surface area contributed by atoms with Crippen LogP contribution in [0.3, 0.4) is 0 Å². The number of benzene rings is 1. The third-order valence-electron chi connectivity index (χ3n) is 3.17. The Morgan fingerprint density at radius 2 is 1.95 bits per heavy atom. The standard InChI is InChI=1S/C14H17NO4/c1-19-9-8-15(10-6-7-10)13(16)11-4-2-3-5-12(11)14(17)18/h2-5,10H,6-9H2,1H3,(H,17,18). The van der Waals surface area contributed by atoms with E-state index in [9.17, 15) is 9.59 Å². The highest BCUT2D eigenvalue weighted by Gasteiger charge is 2.33. The molecule has 0 atom stereocenters. The normalized spacial score (nSPS) is 14.2. The van der Waals surface area contributed by atoms with E-state index in [0.29, 0.717) is 13.2 Å². The van der Waals surface area contributed by atoms with Crippen molar-refractivity contribution in [2.45, 2.75) is 18.9 Å². The van der Waals surface area contributed by atoms with Crippen molar-refractivity contribution in [1.29, 1.82) is 0 Å². The first-order valence-electron chi connectivity index (χ1n) is 6.27.